The number of hydrogen-bond acceptors (Lipinski definition) is 3. The Morgan fingerprint density at radius 2 is 1.94 bits per heavy atom. The zero-order chi connectivity index (χ0) is 12.4. The highest BCUT2D eigenvalue weighted by molar-refractivity contribution is 7.80. The van der Waals surface area contributed by atoms with Crippen LogP contribution in [0, 0.1) is 0 Å². The normalized spacial score (nSPS) is 19.4. The van der Waals surface area contributed by atoms with Crippen molar-refractivity contribution >= 4 is 29.0 Å². The molecule has 1 aliphatic heterocycles. The number of carbonyl (C=O) groups excluding carboxylic acids is 1. The van der Waals surface area contributed by atoms with Gasteiger partial charge in [-0.25, -0.2) is 4.79 Å². The largest absolute Gasteiger partial charge is 0.479 e. The predicted molar refractivity (Wildman–Crippen MR) is 66.1 cm³/mol. The van der Waals surface area contributed by atoms with Gasteiger partial charge in [-0.05, 0) is 18.6 Å². The van der Waals surface area contributed by atoms with Gasteiger partial charge < -0.3 is 10.0 Å². The Balaban J connectivity index is 2.26. The highest BCUT2D eigenvalue weighted by Gasteiger charge is 2.38. The smallest absolute Gasteiger partial charge is 0.331 e. The lowest BCUT2D eigenvalue weighted by molar-refractivity contribution is -0.139. The quantitative estimate of drug-likeness (QED) is 0.804. The van der Waals surface area contributed by atoms with E-state index in [2.05, 4.69) is 0 Å². The van der Waals surface area contributed by atoms with Crippen LogP contribution in [-0.4, -0.2) is 39.3 Å². The van der Waals surface area contributed by atoms with Crippen LogP contribution in [0.4, 0.5) is 0 Å². The van der Waals surface area contributed by atoms with Crippen LogP contribution in [0.25, 0.3) is 0 Å². The Morgan fingerprint density at radius 1 is 1.29 bits per heavy atom. The van der Waals surface area contributed by atoms with Gasteiger partial charge in [0, 0.05) is 17.0 Å². The van der Waals surface area contributed by atoms with E-state index in [9.17, 15) is 9.59 Å². The first kappa shape index (κ1) is 11.7. The highest BCUT2D eigenvalue weighted by Crippen LogP contribution is 2.18. The third-order valence-electron chi connectivity index (χ3n) is 2.73. The molecule has 88 valence electrons. The molecule has 1 N–H and O–H groups in total. The maximum Gasteiger partial charge on any atom is 0.331 e. The maximum atomic E-state index is 12.1. The molecule has 0 aromatic heterocycles. The summed E-state index contributed by atoms with van der Waals surface area (Å²) in [5.74, 6) is -1.34. The molecule has 1 heterocycles. The fraction of sp³-hybridized carbons (Fsp3) is 0.250. The molecule has 0 spiro atoms. The molecule has 2 rings (SSSR count). The highest BCUT2D eigenvalue weighted by atomic mass is 32.1. The van der Waals surface area contributed by atoms with Crippen molar-refractivity contribution in [1.29, 1.82) is 0 Å². The molecule has 0 radical (unpaired) electrons. The SMILES string of the molecule is O=C(O)[C@@H]1C(=S)CCN1C(=O)c1ccccc1. The van der Waals surface area contributed by atoms with Crippen molar-refractivity contribution in [2.75, 3.05) is 6.54 Å². The Kier molecular flexibility index (Phi) is 3.19. The van der Waals surface area contributed by atoms with Crippen LogP contribution in [-0.2, 0) is 4.79 Å². The van der Waals surface area contributed by atoms with Crippen LogP contribution in [0.5, 0.6) is 0 Å². The summed E-state index contributed by atoms with van der Waals surface area (Å²) in [4.78, 5) is 24.9. The van der Waals surface area contributed by atoms with E-state index < -0.39 is 12.0 Å². The van der Waals surface area contributed by atoms with Gasteiger partial charge in [0.1, 0.15) is 0 Å². The van der Waals surface area contributed by atoms with Crippen LogP contribution < -0.4 is 0 Å². The van der Waals surface area contributed by atoms with Gasteiger partial charge in [0.25, 0.3) is 5.91 Å². The number of thiocarbonyl (C=S) groups is 1. The van der Waals surface area contributed by atoms with E-state index in [-0.39, 0.29) is 5.91 Å². The first-order valence-corrected chi connectivity index (χ1v) is 5.63. The van der Waals surface area contributed by atoms with E-state index in [0.717, 1.165) is 0 Å². The second kappa shape index (κ2) is 4.63. The predicted octanol–water partition coefficient (Wildman–Crippen LogP) is 1.36. The van der Waals surface area contributed by atoms with Gasteiger partial charge in [0.2, 0.25) is 0 Å². The number of rotatable bonds is 2. The minimum absolute atomic E-state index is 0.280. The summed E-state index contributed by atoms with van der Waals surface area (Å²) in [5, 5.41) is 9.07. The van der Waals surface area contributed by atoms with Crippen LogP contribution in [0.1, 0.15) is 16.8 Å². The Morgan fingerprint density at radius 3 is 2.53 bits per heavy atom. The summed E-state index contributed by atoms with van der Waals surface area (Å²) >= 11 is 4.99. The van der Waals surface area contributed by atoms with E-state index in [1.54, 1.807) is 30.3 Å². The molecule has 4 nitrogen and oxygen atoms in total. The van der Waals surface area contributed by atoms with Crippen molar-refractivity contribution in [3.63, 3.8) is 0 Å². The molecular weight excluding hydrogens is 238 g/mol. The van der Waals surface area contributed by atoms with Gasteiger partial charge in [-0.15, -0.1) is 0 Å². The van der Waals surface area contributed by atoms with E-state index in [0.29, 0.717) is 23.4 Å². The molecule has 0 unspecified atom stereocenters. The number of carboxylic acids is 1. The number of carboxylic acid groups (broad SMARTS) is 1. The lowest BCUT2D eigenvalue weighted by atomic mass is 10.1. The van der Waals surface area contributed by atoms with E-state index in [1.165, 1.54) is 4.90 Å². The molecule has 5 heteroatoms. The summed E-state index contributed by atoms with van der Waals surface area (Å²) in [6.45, 7) is 0.378. The molecule has 1 aliphatic rings. The molecule has 1 amide bonds. The minimum Gasteiger partial charge on any atom is -0.479 e. The Hall–Kier alpha value is -1.75. The van der Waals surface area contributed by atoms with E-state index >= 15 is 0 Å². The topological polar surface area (TPSA) is 57.6 Å². The summed E-state index contributed by atoms with van der Waals surface area (Å²) < 4.78 is 0. The van der Waals surface area contributed by atoms with Crippen molar-refractivity contribution in [2.24, 2.45) is 0 Å². The number of hydrogen-bond donors (Lipinski definition) is 1. The maximum absolute atomic E-state index is 12.1. The summed E-state index contributed by atoms with van der Waals surface area (Å²) in [6.07, 6.45) is 0.477. The number of benzene rings is 1. The molecule has 1 aromatic carbocycles. The molecular formula is C12H11NO3S. The van der Waals surface area contributed by atoms with Crippen molar-refractivity contribution in [2.45, 2.75) is 12.5 Å². The third-order valence-corrected chi connectivity index (χ3v) is 3.16. The third kappa shape index (κ3) is 2.19. The minimum atomic E-state index is -1.06. The molecule has 1 aromatic rings. The van der Waals surface area contributed by atoms with Gasteiger partial charge in [-0.1, -0.05) is 30.4 Å². The van der Waals surface area contributed by atoms with Gasteiger partial charge in [-0.3, -0.25) is 4.79 Å². The monoisotopic (exact) mass is 249 g/mol. The van der Waals surface area contributed by atoms with Gasteiger partial charge >= 0.3 is 5.97 Å². The molecule has 1 saturated heterocycles. The number of amides is 1. The van der Waals surface area contributed by atoms with Crippen molar-refractivity contribution in [3.8, 4) is 0 Å². The molecule has 1 atom stereocenters. The molecule has 0 aliphatic carbocycles. The molecule has 1 fully saturated rings. The van der Waals surface area contributed by atoms with Crippen molar-refractivity contribution < 1.29 is 14.7 Å². The van der Waals surface area contributed by atoms with Crippen molar-refractivity contribution in [3.05, 3.63) is 35.9 Å². The zero-order valence-electron chi connectivity index (χ0n) is 9.00. The van der Waals surface area contributed by atoms with Gasteiger partial charge in [0.05, 0.1) is 0 Å². The fourth-order valence-corrected chi connectivity index (χ4v) is 2.23. The summed E-state index contributed by atoms with van der Waals surface area (Å²) in [7, 11) is 0. The lowest BCUT2D eigenvalue weighted by Gasteiger charge is -2.21. The molecule has 17 heavy (non-hydrogen) atoms. The zero-order valence-corrected chi connectivity index (χ0v) is 9.81. The first-order valence-electron chi connectivity index (χ1n) is 5.23. The van der Waals surface area contributed by atoms with Crippen LogP contribution in [0.2, 0.25) is 0 Å². The summed E-state index contributed by atoms with van der Waals surface area (Å²) in [6, 6.07) is 7.68. The molecule has 0 bridgehead atoms. The number of carbonyl (C=O) groups is 2. The van der Waals surface area contributed by atoms with Crippen LogP contribution in [0.15, 0.2) is 30.3 Å². The van der Waals surface area contributed by atoms with Crippen LogP contribution >= 0.6 is 12.2 Å². The number of nitrogens with zero attached hydrogens (tertiary/aromatic N) is 1. The standard InChI is InChI=1S/C12H11NO3S/c14-11(8-4-2-1-3-5-8)13-7-6-9(17)10(13)12(15)16/h1-5,10H,6-7H2,(H,15,16)/t10-/m0/s1. The average Bonchev–Trinajstić information content (AvgIpc) is 2.71. The van der Waals surface area contributed by atoms with Crippen molar-refractivity contribution in [1.82, 2.24) is 4.90 Å². The van der Waals surface area contributed by atoms with Crippen LogP contribution in [0.3, 0.4) is 0 Å². The summed E-state index contributed by atoms with van der Waals surface area (Å²) in [5.41, 5.74) is 0.489. The second-order valence-corrected chi connectivity index (χ2v) is 4.35. The average molecular weight is 249 g/mol. The lowest BCUT2D eigenvalue weighted by Crippen LogP contribution is -2.43. The van der Waals surface area contributed by atoms with Gasteiger partial charge in [0.15, 0.2) is 6.04 Å². The fourth-order valence-electron chi connectivity index (χ4n) is 1.91. The second-order valence-electron chi connectivity index (χ2n) is 3.82. The Bertz CT molecular complexity index is 472. The molecule has 0 saturated carbocycles. The Labute approximate surface area is 104 Å². The van der Waals surface area contributed by atoms with E-state index in [4.69, 9.17) is 17.3 Å². The van der Waals surface area contributed by atoms with E-state index in [1.807, 2.05) is 0 Å². The number of likely N-dealkylation sites (tertiary alicyclic amines) is 1. The van der Waals surface area contributed by atoms with Gasteiger partial charge in [-0.2, -0.15) is 0 Å². The number of aliphatic carboxylic acids is 1. The first-order chi connectivity index (χ1) is 8.11.